The molecule has 0 radical (unpaired) electrons. The lowest BCUT2D eigenvalue weighted by Crippen LogP contribution is -2.34. The number of alkyl halides is 3. The van der Waals surface area contributed by atoms with Crippen LogP contribution in [0.4, 0.5) is 13.2 Å². The SMILES string of the molecule is O=C(c1ccc(OCCC2CCCC2)cc1)C1CCC(Cn2nnc3ccc(C(F)(F)F)cc3c2=O)C1C(=O)O. The number of rotatable bonds is 9. The van der Waals surface area contributed by atoms with Crippen LogP contribution in [0.2, 0.25) is 0 Å². The van der Waals surface area contributed by atoms with E-state index in [0.29, 0.717) is 36.7 Å². The van der Waals surface area contributed by atoms with E-state index < -0.39 is 41.0 Å². The standard InChI is InChI=1S/C29H30F3N3O5/c30-29(31,32)20-8-12-24-23(15-20)27(37)35(34-33-24)16-19-7-11-22(25(19)28(38)39)26(36)18-5-9-21(10-6-18)40-14-13-17-3-1-2-4-17/h5-6,8-10,12,15,17,19,22,25H,1-4,7,11,13-14,16H2,(H,38,39). The van der Waals surface area contributed by atoms with Gasteiger partial charge in [0.25, 0.3) is 5.56 Å². The minimum absolute atomic E-state index is 0.00877. The van der Waals surface area contributed by atoms with Gasteiger partial charge < -0.3 is 9.84 Å². The fourth-order valence-electron chi connectivity index (χ4n) is 6.12. The number of Topliss-reactive ketones (excluding diaryl/α,β-unsaturated/α-hetero) is 1. The molecular weight excluding hydrogens is 527 g/mol. The smallest absolute Gasteiger partial charge is 0.416 e. The predicted molar refractivity (Wildman–Crippen MR) is 139 cm³/mol. The summed E-state index contributed by atoms with van der Waals surface area (Å²) in [5.41, 5.74) is -1.40. The van der Waals surface area contributed by atoms with Crippen LogP contribution in [0, 0.1) is 23.7 Å². The zero-order valence-electron chi connectivity index (χ0n) is 21.8. The third-order valence-electron chi connectivity index (χ3n) is 8.28. The molecule has 0 bridgehead atoms. The van der Waals surface area contributed by atoms with Crippen molar-refractivity contribution in [1.82, 2.24) is 15.0 Å². The van der Waals surface area contributed by atoms with Gasteiger partial charge in [0.15, 0.2) is 5.78 Å². The Morgan fingerprint density at radius 2 is 1.75 bits per heavy atom. The molecule has 2 aliphatic rings. The van der Waals surface area contributed by atoms with Gasteiger partial charge >= 0.3 is 12.1 Å². The predicted octanol–water partition coefficient (Wildman–Crippen LogP) is 5.38. The molecule has 2 saturated carbocycles. The lowest BCUT2D eigenvalue weighted by atomic mass is 9.84. The first kappa shape index (κ1) is 27.8. The van der Waals surface area contributed by atoms with Crippen LogP contribution in [0.5, 0.6) is 5.75 Å². The number of hydrogen-bond acceptors (Lipinski definition) is 6. The lowest BCUT2D eigenvalue weighted by molar-refractivity contribution is -0.144. The topological polar surface area (TPSA) is 111 Å². The summed E-state index contributed by atoms with van der Waals surface area (Å²) in [5.74, 6) is -2.64. The van der Waals surface area contributed by atoms with Crippen molar-refractivity contribution in [3.63, 3.8) is 0 Å². The Labute approximate surface area is 228 Å². The van der Waals surface area contributed by atoms with E-state index in [9.17, 15) is 32.7 Å². The number of halogens is 3. The van der Waals surface area contributed by atoms with Gasteiger partial charge in [0.1, 0.15) is 11.3 Å². The molecule has 2 aromatic carbocycles. The number of carboxylic acid groups (broad SMARTS) is 1. The average molecular weight is 558 g/mol. The summed E-state index contributed by atoms with van der Waals surface area (Å²) >= 11 is 0. The zero-order valence-corrected chi connectivity index (χ0v) is 21.8. The molecule has 1 N–H and O–H groups in total. The molecule has 1 heterocycles. The highest BCUT2D eigenvalue weighted by atomic mass is 19.4. The van der Waals surface area contributed by atoms with Crippen LogP contribution in [0.15, 0.2) is 47.3 Å². The summed E-state index contributed by atoms with van der Waals surface area (Å²) in [6.07, 6.45) is 2.03. The van der Waals surface area contributed by atoms with E-state index in [1.807, 2.05) is 0 Å². The molecule has 3 atom stereocenters. The van der Waals surface area contributed by atoms with E-state index >= 15 is 0 Å². The number of aromatic nitrogens is 3. The largest absolute Gasteiger partial charge is 0.494 e. The normalized spacial score (nSPS) is 21.6. The molecule has 2 aliphatic carbocycles. The molecule has 5 rings (SSSR count). The molecule has 11 heteroatoms. The first-order valence-corrected chi connectivity index (χ1v) is 13.6. The Morgan fingerprint density at radius 3 is 2.42 bits per heavy atom. The van der Waals surface area contributed by atoms with E-state index in [-0.39, 0.29) is 23.2 Å². The number of ether oxygens (including phenoxy) is 1. The van der Waals surface area contributed by atoms with Gasteiger partial charge in [-0.25, -0.2) is 4.68 Å². The van der Waals surface area contributed by atoms with Crippen molar-refractivity contribution in [3.8, 4) is 5.75 Å². The summed E-state index contributed by atoms with van der Waals surface area (Å²) in [7, 11) is 0. The first-order chi connectivity index (χ1) is 19.1. The number of hydrogen-bond donors (Lipinski definition) is 1. The van der Waals surface area contributed by atoms with Crippen LogP contribution < -0.4 is 10.3 Å². The number of ketones is 1. The summed E-state index contributed by atoms with van der Waals surface area (Å²) in [6.45, 7) is 0.435. The molecule has 8 nitrogen and oxygen atoms in total. The highest BCUT2D eigenvalue weighted by Crippen LogP contribution is 2.40. The quantitative estimate of drug-likeness (QED) is 0.352. The van der Waals surface area contributed by atoms with Gasteiger partial charge in [0.05, 0.1) is 30.0 Å². The van der Waals surface area contributed by atoms with Gasteiger partial charge in [0.2, 0.25) is 0 Å². The van der Waals surface area contributed by atoms with Crippen LogP contribution in [0.25, 0.3) is 10.9 Å². The molecule has 212 valence electrons. The maximum Gasteiger partial charge on any atom is 0.416 e. The highest BCUT2D eigenvalue weighted by molar-refractivity contribution is 6.00. The molecule has 1 aromatic heterocycles. The van der Waals surface area contributed by atoms with E-state index in [4.69, 9.17) is 4.74 Å². The summed E-state index contributed by atoms with van der Waals surface area (Å²) in [6, 6.07) is 9.32. The van der Waals surface area contributed by atoms with Gasteiger partial charge in [0, 0.05) is 11.5 Å². The molecular formula is C29H30F3N3O5. The van der Waals surface area contributed by atoms with Crippen molar-refractivity contribution in [2.24, 2.45) is 23.7 Å². The fraction of sp³-hybridized carbons (Fsp3) is 0.483. The van der Waals surface area contributed by atoms with Gasteiger partial charge in [-0.2, -0.15) is 13.2 Å². The van der Waals surface area contributed by atoms with Gasteiger partial charge in [-0.15, -0.1) is 5.10 Å². The Balaban J connectivity index is 1.28. The summed E-state index contributed by atoms with van der Waals surface area (Å²) in [4.78, 5) is 38.5. The third-order valence-corrected chi connectivity index (χ3v) is 8.28. The van der Waals surface area contributed by atoms with Crippen LogP contribution in [0.1, 0.15) is 60.9 Å². The first-order valence-electron chi connectivity index (χ1n) is 13.6. The number of fused-ring (bicyclic) bond motifs is 1. The van der Waals surface area contributed by atoms with Crippen molar-refractivity contribution in [1.29, 1.82) is 0 Å². The molecule has 0 aliphatic heterocycles. The van der Waals surface area contributed by atoms with E-state index in [0.717, 1.165) is 29.3 Å². The maximum absolute atomic E-state index is 13.3. The van der Waals surface area contributed by atoms with Crippen LogP contribution in [-0.2, 0) is 17.5 Å². The lowest BCUT2D eigenvalue weighted by Gasteiger charge is -2.20. The minimum atomic E-state index is -4.64. The Hall–Kier alpha value is -3.76. The summed E-state index contributed by atoms with van der Waals surface area (Å²) in [5, 5.41) is 17.4. The highest BCUT2D eigenvalue weighted by Gasteiger charge is 2.45. The number of carbonyl (C=O) groups is 2. The van der Waals surface area contributed by atoms with Crippen LogP contribution in [-0.4, -0.2) is 38.5 Å². The number of carboxylic acids is 1. The number of benzene rings is 2. The molecule has 0 spiro atoms. The molecule has 3 unspecified atom stereocenters. The van der Waals surface area contributed by atoms with E-state index in [1.165, 1.54) is 25.7 Å². The second-order valence-electron chi connectivity index (χ2n) is 10.8. The minimum Gasteiger partial charge on any atom is -0.494 e. The van der Waals surface area contributed by atoms with E-state index in [2.05, 4.69) is 10.3 Å². The molecule has 40 heavy (non-hydrogen) atoms. The second kappa shape index (κ2) is 11.4. The van der Waals surface area contributed by atoms with Crippen LogP contribution in [0.3, 0.4) is 0 Å². The van der Waals surface area contributed by atoms with Crippen molar-refractivity contribution in [2.75, 3.05) is 6.61 Å². The fourth-order valence-corrected chi connectivity index (χ4v) is 6.12. The Bertz CT molecular complexity index is 1450. The number of carbonyl (C=O) groups excluding carboxylic acids is 1. The van der Waals surface area contributed by atoms with Crippen molar-refractivity contribution >= 4 is 22.7 Å². The number of aliphatic carboxylic acids is 1. The molecule has 0 amide bonds. The average Bonchev–Trinajstić information content (AvgIpc) is 3.60. The maximum atomic E-state index is 13.3. The van der Waals surface area contributed by atoms with Gasteiger partial charge in [-0.3, -0.25) is 14.4 Å². The second-order valence-corrected chi connectivity index (χ2v) is 10.8. The molecule has 3 aromatic rings. The number of nitrogens with zero attached hydrogens (tertiary/aromatic N) is 3. The molecule has 0 saturated heterocycles. The van der Waals surface area contributed by atoms with Gasteiger partial charge in [-0.05, 0) is 73.6 Å². The van der Waals surface area contributed by atoms with Crippen molar-refractivity contribution in [2.45, 2.75) is 57.7 Å². The van der Waals surface area contributed by atoms with Gasteiger partial charge in [-0.1, -0.05) is 30.9 Å². The van der Waals surface area contributed by atoms with Crippen molar-refractivity contribution < 1.29 is 32.6 Å². The van der Waals surface area contributed by atoms with E-state index in [1.54, 1.807) is 24.3 Å². The Kier molecular flexibility index (Phi) is 7.91. The molecule has 2 fully saturated rings. The third kappa shape index (κ3) is 5.88. The van der Waals surface area contributed by atoms with Crippen LogP contribution >= 0.6 is 0 Å². The summed E-state index contributed by atoms with van der Waals surface area (Å²) < 4.78 is 46.2. The monoisotopic (exact) mass is 557 g/mol. The Morgan fingerprint density at radius 1 is 1.02 bits per heavy atom. The van der Waals surface area contributed by atoms with Crippen molar-refractivity contribution in [3.05, 3.63) is 63.9 Å². The zero-order chi connectivity index (χ0) is 28.4.